The van der Waals surface area contributed by atoms with Crippen LogP contribution in [0.2, 0.25) is 0 Å². The van der Waals surface area contributed by atoms with E-state index in [1.807, 2.05) is 11.0 Å². The number of piperidine rings is 1. The lowest BCUT2D eigenvalue weighted by molar-refractivity contribution is 0.0704. The molecule has 0 aliphatic carbocycles. The Morgan fingerprint density at radius 3 is 2.68 bits per heavy atom. The number of amides is 2. The van der Waals surface area contributed by atoms with Gasteiger partial charge in [-0.1, -0.05) is 0 Å². The van der Waals surface area contributed by atoms with E-state index in [0.29, 0.717) is 23.3 Å². The number of hydrogen-bond donors (Lipinski definition) is 0. The highest BCUT2D eigenvalue weighted by Gasteiger charge is 2.28. The first-order valence-electron chi connectivity index (χ1n) is 9.30. The van der Waals surface area contributed by atoms with Gasteiger partial charge in [0.2, 0.25) is 0 Å². The predicted molar refractivity (Wildman–Crippen MR) is 103 cm³/mol. The molecule has 1 saturated heterocycles. The van der Waals surface area contributed by atoms with Crippen LogP contribution in [0, 0.1) is 0 Å². The molecule has 4 heterocycles. The van der Waals surface area contributed by atoms with Crippen LogP contribution in [0.3, 0.4) is 0 Å². The summed E-state index contributed by atoms with van der Waals surface area (Å²) in [6.45, 7) is 1.34. The zero-order chi connectivity index (χ0) is 19.7. The minimum absolute atomic E-state index is 0.0151. The summed E-state index contributed by atoms with van der Waals surface area (Å²) in [5, 5.41) is 4.42. The molecule has 8 heteroatoms. The van der Waals surface area contributed by atoms with Crippen LogP contribution in [0.25, 0.3) is 5.65 Å². The predicted octanol–water partition coefficient (Wildman–Crippen LogP) is 1.85. The zero-order valence-electron chi connectivity index (χ0n) is 15.9. The minimum atomic E-state index is -0.127. The molecule has 1 aliphatic rings. The normalized spacial score (nSPS) is 16.9. The van der Waals surface area contributed by atoms with Crippen molar-refractivity contribution >= 4 is 17.5 Å². The lowest BCUT2D eigenvalue weighted by Crippen LogP contribution is -2.39. The van der Waals surface area contributed by atoms with Gasteiger partial charge in [0.25, 0.3) is 11.8 Å². The van der Waals surface area contributed by atoms with Crippen LogP contribution in [-0.2, 0) is 0 Å². The van der Waals surface area contributed by atoms with Gasteiger partial charge in [-0.15, -0.1) is 0 Å². The minimum Gasteiger partial charge on any atom is -0.345 e. The Bertz CT molecular complexity index is 1010. The summed E-state index contributed by atoms with van der Waals surface area (Å²) in [6, 6.07) is 5.40. The second-order valence-corrected chi connectivity index (χ2v) is 7.19. The third kappa shape index (κ3) is 3.21. The van der Waals surface area contributed by atoms with Crippen LogP contribution in [0.15, 0.2) is 43.0 Å². The molecule has 1 atom stereocenters. The first kappa shape index (κ1) is 18.1. The van der Waals surface area contributed by atoms with E-state index in [2.05, 4.69) is 15.1 Å². The van der Waals surface area contributed by atoms with Gasteiger partial charge >= 0.3 is 0 Å². The molecule has 4 rings (SSSR count). The number of carbonyl (C=O) groups excluding carboxylic acids is 2. The SMILES string of the molecule is CN(C)C(=O)c1cnn2c([C@@H]3CCCN(C(=O)c4ccncc4)C3)ccnc12. The Balaban J connectivity index is 1.63. The van der Waals surface area contributed by atoms with Gasteiger partial charge in [0.1, 0.15) is 5.56 Å². The number of fused-ring (bicyclic) bond motifs is 1. The number of nitrogens with zero attached hydrogens (tertiary/aromatic N) is 6. The summed E-state index contributed by atoms with van der Waals surface area (Å²) in [6.07, 6.45) is 8.41. The first-order valence-corrected chi connectivity index (χ1v) is 9.30. The summed E-state index contributed by atoms with van der Waals surface area (Å²) in [5.74, 6) is 0.0198. The Labute approximate surface area is 162 Å². The molecule has 0 spiro atoms. The molecule has 3 aromatic rings. The second-order valence-electron chi connectivity index (χ2n) is 7.19. The molecule has 0 radical (unpaired) electrons. The molecule has 0 N–H and O–H groups in total. The number of hydrogen-bond acceptors (Lipinski definition) is 5. The molecule has 0 saturated carbocycles. The number of likely N-dealkylation sites (tertiary alicyclic amines) is 1. The average Bonchev–Trinajstić information content (AvgIpc) is 3.17. The van der Waals surface area contributed by atoms with Crippen LogP contribution >= 0.6 is 0 Å². The lowest BCUT2D eigenvalue weighted by Gasteiger charge is -2.33. The Hall–Kier alpha value is -3.29. The van der Waals surface area contributed by atoms with Gasteiger partial charge in [0, 0.05) is 57.3 Å². The number of rotatable bonds is 3. The van der Waals surface area contributed by atoms with Crippen molar-refractivity contribution < 1.29 is 9.59 Å². The Morgan fingerprint density at radius 1 is 1.14 bits per heavy atom. The van der Waals surface area contributed by atoms with Crippen LogP contribution in [0.5, 0.6) is 0 Å². The molecule has 0 aromatic carbocycles. The van der Waals surface area contributed by atoms with E-state index in [1.54, 1.807) is 55.5 Å². The van der Waals surface area contributed by atoms with Gasteiger partial charge in [-0.2, -0.15) is 5.10 Å². The van der Waals surface area contributed by atoms with Crippen molar-refractivity contribution in [3.05, 3.63) is 59.8 Å². The highest BCUT2D eigenvalue weighted by Crippen LogP contribution is 2.28. The molecule has 28 heavy (non-hydrogen) atoms. The zero-order valence-corrected chi connectivity index (χ0v) is 15.9. The van der Waals surface area contributed by atoms with Gasteiger partial charge < -0.3 is 9.80 Å². The monoisotopic (exact) mass is 378 g/mol. The van der Waals surface area contributed by atoms with Gasteiger partial charge in [-0.25, -0.2) is 9.50 Å². The van der Waals surface area contributed by atoms with Crippen molar-refractivity contribution in [1.29, 1.82) is 0 Å². The molecule has 144 valence electrons. The van der Waals surface area contributed by atoms with Crippen LogP contribution in [-0.4, -0.2) is 68.4 Å². The summed E-state index contributed by atoms with van der Waals surface area (Å²) < 4.78 is 1.74. The third-order valence-corrected chi connectivity index (χ3v) is 5.12. The maximum absolute atomic E-state index is 12.8. The smallest absolute Gasteiger partial charge is 0.258 e. The Morgan fingerprint density at radius 2 is 1.93 bits per heavy atom. The second kappa shape index (κ2) is 7.38. The summed E-state index contributed by atoms with van der Waals surface area (Å²) >= 11 is 0. The topological polar surface area (TPSA) is 83.7 Å². The van der Waals surface area contributed by atoms with E-state index in [-0.39, 0.29) is 17.7 Å². The maximum Gasteiger partial charge on any atom is 0.258 e. The van der Waals surface area contributed by atoms with Crippen LogP contribution in [0.4, 0.5) is 0 Å². The summed E-state index contributed by atoms with van der Waals surface area (Å²) in [5.41, 5.74) is 2.64. The molecule has 0 bridgehead atoms. The summed E-state index contributed by atoms with van der Waals surface area (Å²) in [4.78, 5) is 36.9. The van der Waals surface area contributed by atoms with Crippen molar-refractivity contribution in [3.8, 4) is 0 Å². The van der Waals surface area contributed by atoms with E-state index in [1.165, 1.54) is 4.90 Å². The fourth-order valence-electron chi connectivity index (χ4n) is 3.69. The quantitative estimate of drug-likeness (QED) is 0.694. The molecule has 3 aromatic heterocycles. The summed E-state index contributed by atoms with van der Waals surface area (Å²) in [7, 11) is 3.42. The lowest BCUT2D eigenvalue weighted by atomic mass is 9.94. The molecule has 0 unspecified atom stereocenters. The number of pyridine rings is 1. The van der Waals surface area contributed by atoms with Gasteiger partial charge in [0.05, 0.1) is 11.9 Å². The molecule has 1 fully saturated rings. The van der Waals surface area contributed by atoms with Crippen LogP contribution < -0.4 is 0 Å². The molecule has 8 nitrogen and oxygen atoms in total. The molecular formula is C20H22N6O2. The van der Waals surface area contributed by atoms with E-state index in [9.17, 15) is 9.59 Å². The maximum atomic E-state index is 12.8. The number of aromatic nitrogens is 4. The number of carbonyl (C=O) groups is 2. The Kier molecular flexibility index (Phi) is 4.77. The van der Waals surface area contributed by atoms with Crippen LogP contribution in [0.1, 0.15) is 45.2 Å². The first-order chi connectivity index (χ1) is 13.6. The van der Waals surface area contributed by atoms with Crippen molar-refractivity contribution in [2.75, 3.05) is 27.2 Å². The fraction of sp³-hybridized carbons (Fsp3) is 0.350. The molecular weight excluding hydrogens is 356 g/mol. The van der Waals surface area contributed by atoms with Crippen molar-refractivity contribution in [3.63, 3.8) is 0 Å². The van der Waals surface area contributed by atoms with Gasteiger partial charge in [0.15, 0.2) is 5.65 Å². The average molecular weight is 378 g/mol. The third-order valence-electron chi connectivity index (χ3n) is 5.12. The largest absolute Gasteiger partial charge is 0.345 e. The van der Waals surface area contributed by atoms with E-state index < -0.39 is 0 Å². The van der Waals surface area contributed by atoms with Crippen molar-refractivity contribution in [1.82, 2.24) is 29.4 Å². The van der Waals surface area contributed by atoms with E-state index in [4.69, 9.17) is 0 Å². The molecule has 1 aliphatic heterocycles. The van der Waals surface area contributed by atoms with E-state index >= 15 is 0 Å². The van der Waals surface area contributed by atoms with Crippen molar-refractivity contribution in [2.24, 2.45) is 0 Å². The van der Waals surface area contributed by atoms with E-state index in [0.717, 1.165) is 25.1 Å². The van der Waals surface area contributed by atoms with Crippen molar-refractivity contribution in [2.45, 2.75) is 18.8 Å². The standard InChI is InChI=1S/C20H22N6O2/c1-24(2)20(28)16-12-23-26-17(7-10-22-18(16)26)15-4-3-11-25(13-15)19(27)14-5-8-21-9-6-14/h5-10,12,15H,3-4,11,13H2,1-2H3/t15-/m1/s1. The van der Waals surface area contributed by atoms with Gasteiger partial charge in [-0.3, -0.25) is 14.6 Å². The fourth-order valence-corrected chi connectivity index (χ4v) is 3.69. The highest BCUT2D eigenvalue weighted by atomic mass is 16.2. The molecule has 2 amide bonds. The highest BCUT2D eigenvalue weighted by molar-refractivity contribution is 5.99. The van der Waals surface area contributed by atoms with Gasteiger partial charge in [-0.05, 0) is 31.0 Å².